The van der Waals surface area contributed by atoms with Crippen molar-refractivity contribution in [3.63, 3.8) is 0 Å². The molecule has 1 amide bonds. The lowest BCUT2D eigenvalue weighted by Gasteiger charge is -2.15. The molecule has 1 aromatic carbocycles. The number of hydrogen-bond acceptors (Lipinski definition) is 4. The third kappa shape index (κ3) is 3.33. The van der Waals surface area contributed by atoms with Crippen LogP contribution in [0.5, 0.6) is 0 Å². The Morgan fingerprint density at radius 3 is 2.43 bits per heavy atom. The number of nitrogens with one attached hydrogen (secondary N) is 1. The van der Waals surface area contributed by atoms with E-state index in [4.69, 9.17) is 11.6 Å². The third-order valence-electron chi connectivity index (χ3n) is 3.17. The second-order valence-electron chi connectivity index (χ2n) is 5.02. The highest BCUT2D eigenvalue weighted by Gasteiger charge is 2.19. The van der Waals surface area contributed by atoms with Crippen LogP contribution < -0.4 is 10.2 Å². The Kier molecular flexibility index (Phi) is 4.47. The van der Waals surface area contributed by atoms with Gasteiger partial charge in [0.05, 0.1) is 6.04 Å². The van der Waals surface area contributed by atoms with Crippen molar-refractivity contribution in [2.45, 2.75) is 13.0 Å². The first kappa shape index (κ1) is 15.3. The minimum Gasteiger partial charge on any atom is -0.347 e. The highest BCUT2D eigenvalue weighted by molar-refractivity contribution is 6.30. The molecule has 0 fully saturated rings. The van der Waals surface area contributed by atoms with E-state index in [2.05, 4.69) is 15.5 Å². The number of aromatic nitrogens is 3. The molecule has 0 aliphatic rings. The van der Waals surface area contributed by atoms with Crippen molar-refractivity contribution in [2.75, 3.05) is 19.0 Å². The zero-order valence-electron chi connectivity index (χ0n) is 12.5. The Bertz CT molecular complexity index is 635. The van der Waals surface area contributed by atoms with E-state index < -0.39 is 0 Å². The summed E-state index contributed by atoms with van der Waals surface area (Å²) in [5.41, 5.74) is 0.975. The van der Waals surface area contributed by atoms with Gasteiger partial charge in [-0.15, -0.1) is 10.2 Å². The molecule has 1 N–H and O–H groups in total. The van der Waals surface area contributed by atoms with Crippen molar-refractivity contribution in [2.24, 2.45) is 7.05 Å². The van der Waals surface area contributed by atoms with E-state index in [0.29, 0.717) is 11.0 Å². The van der Waals surface area contributed by atoms with Gasteiger partial charge >= 0.3 is 0 Å². The zero-order chi connectivity index (χ0) is 15.6. The molecule has 0 saturated carbocycles. The average molecular weight is 308 g/mol. The van der Waals surface area contributed by atoms with Gasteiger partial charge in [0, 0.05) is 26.2 Å². The molecule has 112 valence electrons. The van der Waals surface area contributed by atoms with E-state index in [1.54, 1.807) is 28.6 Å². The number of anilines is 1. The number of carbonyl (C=O) groups excluding carboxylic acids is 1. The molecular formula is C14H18ClN5O. The van der Waals surface area contributed by atoms with Gasteiger partial charge in [0.15, 0.2) is 0 Å². The summed E-state index contributed by atoms with van der Waals surface area (Å²) in [6.07, 6.45) is 0. The van der Waals surface area contributed by atoms with Crippen molar-refractivity contribution in [1.29, 1.82) is 0 Å². The first-order valence-electron chi connectivity index (χ1n) is 6.53. The third-order valence-corrected chi connectivity index (χ3v) is 3.42. The van der Waals surface area contributed by atoms with Crippen LogP contribution >= 0.6 is 11.6 Å². The lowest BCUT2D eigenvalue weighted by atomic mass is 10.1. The first-order valence-corrected chi connectivity index (χ1v) is 6.91. The molecule has 21 heavy (non-hydrogen) atoms. The van der Waals surface area contributed by atoms with E-state index in [9.17, 15) is 4.79 Å². The average Bonchev–Trinajstić information content (AvgIpc) is 2.81. The van der Waals surface area contributed by atoms with Crippen LogP contribution in [0.4, 0.5) is 5.95 Å². The van der Waals surface area contributed by atoms with Crippen LogP contribution in [0.2, 0.25) is 5.02 Å². The maximum atomic E-state index is 12.3. The van der Waals surface area contributed by atoms with Crippen molar-refractivity contribution < 1.29 is 4.79 Å². The van der Waals surface area contributed by atoms with Crippen LogP contribution in [-0.4, -0.2) is 34.8 Å². The number of hydrogen-bond donors (Lipinski definition) is 1. The fraction of sp³-hybridized carbons (Fsp3) is 0.357. The normalized spacial score (nSPS) is 12.0. The summed E-state index contributed by atoms with van der Waals surface area (Å²) in [6, 6.07) is 7.22. The highest BCUT2D eigenvalue weighted by Crippen LogP contribution is 2.17. The maximum Gasteiger partial charge on any atom is 0.289 e. The van der Waals surface area contributed by atoms with E-state index in [0.717, 1.165) is 5.56 Å². The van der Waals surface area contributed by atoms with Crippen molar-refractivity contribution in [1.82, 2.24) is 20.1 Å². The Hall–Kier alpha value is -2.08. The fourth-order valence-electron chi connectivity index (χ4n) is 2.00. The van der Waals surface area contributed by atoms with Crippen LogP contribution in [0.15, 0.2) is 24.3 Å². The van der Waals surface area contributed by atoms with Crippen molar-refractivity contribution in [3.8, 4) is 0 Å². The zero-order valence-corrected chi connectivity index (χ0v) is 13.2. The van der Waals surface area contributed by atoms with E-state index in [-0.39, 0.29) is 17.8 Å². The minimum atomic E-state index is -0.263. The highest BCUT2D eigenvalue weighted by atomic mass is 35.5. The minimum absolute atomic E-state index is 0.144. The van der Waals surface area contributed by atoms with Crippen LogP contribution in [0.3, 0.4) is 0 Å². The summed E-state index contributed by atoms with van der Waals surface area (Å²) in [4.78, 5) is 14.1. The summed E-state index contributed by atoms with van der Waals surface area (Å²) < 4.78 is 1.66. The van der Waals surface area contributed by atoms with Gasteiger partial charge in [-0.3, -0.25) is 9.36 Å². The molecule has 1 aromatic heterocycles. The SMILES string of the molecule is CC(NC(=O)c1nnc(N(C)C)n1C)c1ccc(Cl)cc1. The Balaban J connectivity index is 2.12. The number of carbonyl (C=O) groups is 1. The van der Waals surface area contributed by atoms with Crippen LogP contribution in [0.1, 0.15) is 29.1 Å². The van der Waals surface area contributed by atoms with Crippen molar-refractivity contribution >= 4 is 23.5 Å². The lowest BCUT2D eigenvalue weighted by molar-refractivity contribution is 0.0926. The summed E-state index contributed by atoms with van der Waals surface area (Å²) in [5, 5.41) is 11.5. The smallest absolute Gasteiger partial charge is 0.289 e. The number of amides is 1. The Labute approximate surface area is 128 Å². The van der Waals surface area contributed by atoms with Gasteiger partial charge in [-0.05, 0) is 24.6 Å². The topological polar surface area (TPSA) is 63.1 Å². The van der Waals surface area contributed by atoms with Crippen molar-refractivity contribution in [3.05, 3.63) is 40.7 Å². The second-order valence-corrected chi connectivity index (χ2v) is 5.46. The molecule has 1 unspecified atom stereocenters. The molecule has 0 aliphatic carbocycles. The number of rotatable bonds is 4. The molecule has 0 radical (unpaired) electrons. The van der Waals surface area contributed by atoms with Crippen LogP contribution in [-0.2, 0) is 7.05 Å². The lowest BCUT2D eigenvalue weighted by Crippen LogP contribution is -2.29. The van der Waals surface area contributed by atoms with Gasteiger partial charge in [0.25, 0.3) is 5.91 Å². The Morgan fingerprint density at radius 2 is 1.90 bits per heavy atom. The second kappa shape index (κ2) is 6.13. The van der Waals surface area contributed by atoms with E-state index in [1.807, 2.05) is 33.2 Å². The summed E-state index contributed by atoms with van der Waals surface area (Å²) >= 11 is 5.86. The molecule has 0 spiro atoms. The molecular weight excluding hydrogens is 290 g/mol. The quantitative estimate of drug-likeness (QED) is 0.938. The standard InChI is InChI=1S/C14H18ClN5O/c1-9(10-5-7-11(15)8-6-10)16-13(21)12-17-18-14(19(2)3)20(12)4/h5-9H,1-4H3,(H,16,21). The molecule has 1 atom stereocenters. The maximum absolute atomic E-state index is 12.3. The summed E-state index contributed by atoms with van der Waals surface area (Å²) in [6.45, 7) is 1.91. The number of nitrogens with zero attached hydrogens (tertiary/aromatic N) is 4. The van der Waals surface area contributed by atoms with E-state index >= 15 is 0 Å². The van der Waals surface area contributed by atoms with Gasteiger partial charge in [0.1, 0.15) is 0 Å². The molecule has 7 heteroatoms. The van der Waals surface area contributed by atoms with Gasteiger partial charge in [0.2, 0.25) is 11.8 Å². The molecule has 0 aliphatic heterocycles. The fourth-order valence-corrected chi connectivity index (χ4v) is 2.13. The molecule has 1 heterocycles. The van der Waals surface area contributed by atoms with Crippen LogP contribution in [0.25, 0.3) is 0 Å². The van der Waals surface area contributed by atoms with E-state index in [1.165, 1.54) is 0 Å². The monoisotopic (exact) mass is 307 g/mol. The number of benzene rings is 1. The molecule has 0 saturated heterocycles. The molecule has 6 nitrogen and oxygen atoms in total. The van der Waals surface area contributed by atoms with Gasteiger partial charge in [-0.1, -0.05) is 23.7 Å². The van der Waals surface area contributed by atoms with Crippen LogP contribution in [0, 0.1) is 0 Å². The largest absolute Gasteiger partial charge is 0.347 e. The molecule has 2 aromatic rings. The summed E-state index contributed by atoms with van der Waals surface area (Å²) in [5.74, 6) is 0.638. The first-order chi connectivity index (χ1) is 9.90. The predicted octanol–water partition coefficient (Wildman–Crippen LogP) is 2.03. The van der Waals surface area contributed by atoms with Gasteiger partial charge < -0.3 is 10.2 Å². The number of halogens is 1. The van der Waals surface area contributed by atoms with Gasteiger partial charge in [-0.2, -0.15) is 0 Å². The van der Waals surface area contributed by atoms with Gasteiger partial charge in [-0.25, -0.2) is 0 Å². The molecule has 0 bridgehead atoms. The molecule has 2 rings (SSSR count). The Morgan fingerprint density at radius 1 is 1.29 bits per heavy atom. The summed E-state index contributed by atoms with van der Waals surface area (Å²) in [7, 11) is 5.46. The predicted molar refractivity (Wildman–Crippen MR) is 82.7 cm³/mol.